The fraction of sp³-hybridized carbons (Fsp3) is 0.444. The molecule has 0 fully saturated rings. The summed E-state index contributed by atoms with van der Waals surface area (Å²) in [5, 5.41) is 8.75. The van der Waals surface area contributed by atoms with Crippen molar-refractivity contribution in [2.75, 3.05) is 13.7 Å². The summed E-state index contributed by atoms with van der Waals surface area (Å²) in [6.07, 6.45) is 3.77. The lowest BCUT2D eigenvalue weighted by Crippen LogP contribution is -2.18. The first-order valence-electron chi connectivity index (χ1n) is 4.06. The average Bonchev–Trinajstić information content (AvgIpc) is 2.16. The highest BCUT2D eigenvalue weighted by molar-refractivity contribution is 5.73. The van der Waals surface area contributed by atoms with Crippen LogP contribution in [0, 0.1) is 5.92 Å². The molecule has 0 saturated carbocycles. The van der Waals surface area contributed by atoms with Crippen molar-refractivity contribution in [3.05, 3.63) is 23.5 Å². The second-order valence-electron chi connectivity index (χ2n) is 2.86. The summed E-state index contributed by atoms with van der Waals surface area (Å²) in [6.45, 7) is 0.381. The van der Waals surface area contributed by atoms with Crippen molar-refractivity contribution in [1.29, 1.82) is 0 Å². The van der Waals surface area contributed by atoms with E-state index in [1.54, 1.807) is 12.2 Å². The molecule has 0 bridgehead atoms. The van der Waals surface area contributed by atoms with E-state index in [4.69, 9.17) is 15.6 Å². The van der Waals surface area contributed by atoms with Crippen LogP contribution in [0.3, 0.4) is 0 Å². The lowest BCUT2D eigenvalue weighted by molar-refractivity contribution is -0.140. The van der Waals surface area contributed by atoms with Crippen molar-refractivity contribution < 1.29 is 14.6 Å². The zero-order chi connectivity index (χ0) is 9.84. The van der Waals surface area contributed by atoms with Crippen molar-refractivity contribution in [3.63, 3.8) is 0 Å². The van der Waals surface area contributed by atoms with E-state index in [1.165, 1.54) is 7.11 Å². The third-order valence-electron chi connectivity index (χ3n) is 2.08. The Kier molecular flexibility index (Phi) is 3.08. The maximum Gasteiger partial charge on any atom is 0.310 e. The molecule has 1 aliphatic rings. The van der Waals surface area contributed by atoms with E-state index in [2.05, 4.69) is 0 Å². The number of allylic oxidation sites excluding steroid dienone is 1. The summed E-state index contributed by atoms with van der Waals surface area (Å²) >= 11 is 0. The third kappa shape index (κ3) is 2.09. The number of aliphatic carboxylic acids is 1. The number of carboxylic acids is 1. The average molecular weight is 183 g/mol. The molecule has 13 heavy (non-hydrogen) atoms. The van der Waals surface area contributed by atoms with Crippen molar-refractivity contribution in [1.82, 2.24) is 0 Å². The van der Waals surface area contributed by atoms with Crippen LogP contribution in [0.1, 0.15) is 6.42 Å². The Balaban J connectivity index is 2.80. The van der Waals surface area contributed by atoms with Crippen LogP contribution in [0.2, 0.25) is 0 Å². The van der Waals surface area contributed by atoms with Crippen molar-refractivity contribution in [3.8, 4) is 0 Å². The molecule has 1 atom stereocenters. The van der Waals surface area contributed by atoms with Crippen LogP contribution in [0.4, 0.5) is 0 Å². The van der Waals surface area contributed by atoms with Crippen LogP contribution >= 0.6 is 0 Å². The number of carbonyl (C=O) groups is 1. The van der Waals surface area contributed by atoms with Crippen molar-refractivity contribution >= 4 is 5.97 Å². The van der Waals surface area contributed by atoms with Gasteiger partial charge in [0.05, 0.1) is 13.0 Å². The zero-order valence-electron chi connectivity index (χ0n) is 7.49. The van der Waals surface area contributed by atoms with Crippen LogP contribution in [0.25, 0.3) is 0 Å². The minimum atomic E-state index is -0.832. The molecule has 1 rings (SSSR count). The van der Waals surface area contributed by atoms with Crippen LogP contribution < -0.4 is 5.73 Å². The Morgan fingerprint density at radius 3 is 3.00 bits per heavy atom. The number of carboxylic acid groups (broad SMARTS) is 1. The number of methoxy groups -OCH3 is 1. The van der Waals surface area contributed by atoms with Gasteiger partial charge in [-0.25, -0.2) is 0 Å². The van der Waals surface area contributed by atoms with Gasteiger partial charge in [0.15, 0.2) is 0 Å². The van der Waals surface area contributed by atoms with Gasteiger partial charge in [-0.2, -0.15) is 0 Å². The molecule has 0 aliphatic heterocycles. The number of rotatable bonds is 3. The maximum absolute atomic E-state index is 10.7. The highest BCUT2D eigenvalue weighted by Gasteiger charge is 2.21. The molecule has 0 radical (unpaired) electrons. The molecule has 3 N–H and O–H groups in total. The molecule has 72 valence electrons. The predicted octanol–water partition coefficient (Wildman–Crippen LogP) is 0.506. The predicted molar refractivity (Wildman–Crippen MR) is 48.0 cm³/mol. The van der Waals surface area contributed by atoms with Gasteiger partial charge in [0.25, 0.3) is 0 Å². The number of hydrogen-bond donors (Lipinski definition) is 2. The van der Waals surface area contributed by atoms with Gasteiger partial charge in [-0.3, -0.25) is 4.79 Å². The van der Waals surface area contributed by atoms with Gasteiger partial charge >= 0.3 is 5.97 Å². The molecular weight excluding hydrogens is 170 g/mol. The lowest BCUT2D eigenvalue weighted by atomic mass is 9.95. The van der Waals surface area contributed by atoms with Gasteiger partial charge in [0.1, 0.15) is 5.76 Å². The normalized spacial score (nSPS) is 21.8. The first-order chi connectivity index (χ1) is 6.19. The van der Waals surface area contributed by atoms with Gasteiger partial charge in [-0.15, -0.1) is 0 Å². The standard InChI is InChI=1S/C9H13NO3/c1-13-8-4-6(9(11)12)2-3-7(8)5-10/h2-3,6H,4-5,10H2,1H3,(H,11,12). The molecule has 0 spiro atoms. The molecule has 0 heterocycles. The van der Waals surface area contributed by atoms with E-state index in [0.29, 0.717) is 18.7 Å². The first kappa shape index (κ1) is 9.80. The Bertz CT molecular complexity index is 268. The highest BCUT2D eigenvalue weighted by Crippen LogP contribution is 2.23. The van der Waals surface area contributed by atoms with Crippen LogP contribution in [-0.4, -0.2) is 24.7 Å². The maximum atomic E-state index is 10.7. The summed E-state index contributed by atoms with van der Waals surface area (Å²) in [6, 6.07) is 0. The molecule has 4 nitrogen and oxygen atoms in total. The van der Waals surface area contributed by atoms with E-state index in [1.807, 2.05) is 0 Å². The minimum Gasteiger partial charge on any atom is -0.501 e. The minimum absolute atomic E-state index is 0.381. The smallest absolute Gasteiger partial charge is 0.310 e. The van der Waals surface area contributed by atoms with Gasteiger partial charge in [-0.05, 0) is 0 Å². The Hall–Kier alpha value is -1.29. The summed E-state index contributed by atoms with van der Waals surface area (Å²) in [5.74, 6) is -0.635. The van der Waals surface area contributed by atoms with Gasteiger partial charge in [-0.1, -0.05) is 12.2 Å². The van der Waals surface area contributed by atoms with E-state index in [9.17, 15) is 4.79 Å². The SMILES string of the molecule is COC1=C(CN)C=CC(C(=O)O)C1. The van der Waals surface area contributed by atoms with E-state index < -0.39 is 11.9 Å². The fourth-order valence-corrected chi connectivity index (χ4v) is 1.29. The third-order valence-corrected chi connectivity index (χ3v) is 2.08. The van der Waals surface area contributed by atoms with Crippen LogP contribution in [0.15, 0.2) is 23.5 Å². The van der Waals surface area contributed by atoms with Crippen molar-refractivity contribution in [2.24, 2.45) is 11.7 Å². The summed E-state index contributed by atoms with van der Waals surface area (Å²) in [7, 11) is 1.53. The molecule has 0 amide bonds. The lowest BCUT2D eigenvalue weighted by Gasteiger charge is -2.17. The van der Waals surface area contributed by atoms with Crippen LogP contribution in [0.5, 0.6) is 0 Å². The van der Waals surface area contributed by atoms with E-state index >= 15 is 0 Å². The molecule has 1 aliphatic carbocycles. The molecular formula is C9H13NO3. The van der Waals surface area contributed by atoms with E-state index in [-0.39, 0.29) is 0 Å². The van der Waals surface area contributed by atoms with Gasteiger partial charge < -0.3 is 15.6 Å². The Morgan fingerprint density at radius 2 is 2.54 bits per heavy atom. The molecule has 0 saturated heterocycles. The molecule has 1 unspecified atom stereocenters. The summed E-state index contributed by atoms with van der Waals surface area (Å²) < 4.78 is 5.06. The fourth-order valence-electron chi connectivity index (χ4n) is 1.29. The largest absolute Gasteiger partial charge is 0.501 e. The molecule has 0 aromatic rings. The Morgan fingerprint density at radius 1 is 1.85 bits per heavy atom. The van der Waals surface area contributed by atoms with E-state index in [0.717, 1.165) is 5.57 Å². The van der Waals surface area contributed by atoms with Crippen molar-refractivity contribution in [2.45, 2.75) is 6.42 Å². The number of ether oxygens (including phenoxy) is 1. The second kappa shape index (κ2) is 4.09. The Labute approximate surface area is 76.7 Å². The summed E-state index contributed by atoms with van der Waals surface area (Å²) in [4.78, 5) is 10.7. The second-order valence-corrected chi connectivity index (χ2v) is 2.86. The molecule has 0 aromatic carbocycles. The number of nitrogens with two attached hydrogens (primary N) is 1. The zero-order valence-corrected chi connectivity index (χ0v) is 7.49. The van der Waals surface area contributed by atoms with Crippen LogP contribution in [-0.2, 0) is 9.53 Å². The topological polar surface area (TPSA) is 72.5 Å². The van der Waals surface area contributed by atoms with Gasteiger partial charge in [0, 0.05) is 18.5 Å². The van der Waals surface area contributed by atoms with Gasteiger partial charge in [0.2, 0.25) is 0 Å². The quantitative estimate of drug-likeness (QED) is 0.668. The highest BCUT2D eigenvalue weighted by atomic mass is 16.5. The number of hydrogen-bond acceptors (Lipinski definition) is 3. The molecule has 0 aromatic heterocycles. The first-order valence-corrected chi connectivity index (χ1v) is 4.06. The summed E-state index contributed by atoms with van der Waals surface area (Å²) in [5.41, 5.74) is 6.33. The molecule has 4 heteroatoms. The monoisotopic (exact) mass is 183 g/mol.